The Hall–Kier alpha value is -2.24. The zero-order chi connectivity index (χ0) is 12.1. The molecule has 0 saturated carbocycles. The van der Waals surface area contributed by atoms with E-state index in [0.29, 0.717) is 5.56 Å². The molecular formula is C10H11N3O3. The summed E-state index contributed by atoms with van der Waals surface area (Å²) < 4.78 is 0. The van der Waals surface area contributed by atoms with Gasteiger partial charge in [-0.3, -0.25) is 24.7 Å². The highest BCUT2D eigenvalue weighted by atomic mass is 16.2. The Morgan fingerprint density at radius 3 is 2.38 bits per heavy atom. The fraction of sp³-hybridized carbons (Fsp3) is 0.200. The van der Waals surface area contributed by atoms with Crippen LogP contribution in [0.1, 0.15) is 17.3 Å². The minimum atomic E-state index is -1.04. The van der Waals surface area contributed by atoms with Crippen LogP contribution in [0.3, 0.4) is 0 Å². The molecule has 1 unspecified atom stereocenters. The normalized spacial score (nSPS) is 11.6. The van der Waals surface area contributed by atoms with Gasteiger partial charge in [0.25, 0.3) is 5.91 Å². The minimum absolute atomic E-state index is 0.292. The van der Waals surface area contributed by atoms with Gasteiger partial charge in [-0.05, 0) is 19.1 Å². The maximum Gasteiger partial charge on any atom is 0.257 e. The predicted molar refractivity (Wildman–Crippen MR) is 55.1 cm³/mol. The Kier molecular flexibility index (Phi) is 3.71. The summed E-state index contributed by atoms with van der Waals surface area (Å²) in [5.41, 5.74) is 5.22. The molecule has 0 aliphatic carbocycles. The van der Waals surface area contributed by atoms with Crippen LogP contribution < -0.4 is 11.1 Å². The number of nitrogens with two attached hydrogens (primary N) is 1. The van der Waals surface area contributed by atoms with E-state index in [-0.39, 0.29) is 0 Å². The lowest BCUT2D eigenvalue weighted by atomic mass is 10.1. The molecule has 16 heavy (non-hydrogen) atoms. The third kappa shape index (κ3) is 2.88. The summed E-state index contributed by atoms with van der Waals surface area (Å²) in [6.07, 6.45) is 2.85. The number of carbonyl (C=O) groups excluding carboxylic acids is 3. The molecule has 1 aromatic rings. The van der Waals surface area contributed by atoms with Crippen LogP contribution in [0.25, 0.3) is 0 Å². The van der Waals surface area contributed by atoms with Gasteiger partial charge in [-0.15, -0.1) is 0 Å². The summed E-state index contributed by atoms with van der Waals surface area (Å²) >= 11 is 0. The number of primary amides is 1. The largest absolute Gasteiger partial charge is 0.369 e. The third-order valence-corrected chi connectivity index (χ3v) is 2.00. The zero-order valence-corrected chi connectivity index (χ0v) is 8.64. The number of aromatic nitrogens is 1. The first-order chi connectivity index (χ1) is 7.52. The molecule has 6 heteroatoms. The van der Waals surface area contributed by atoms with Crippen molar-refractivity contribution in [2.75, 3.05) is 0 Å². The quantitative estimate of drug-likeness (QED) is 0.669. The van der Waals surface area contributed by atoms with Gasteiger partial charge >= 0.3 is 0 Å². The first-order valence-corrected chi connectivity index (χ1v) is 4.57. The van der Waals surface area contributed by atoms with E-state index < -0.39 is 23.6 Å². The second kappa shape index (κ2) is 5.01. The number of hydrogen-bond acceptors (Lipinski definition) is 4. The molecule has 1 atom stereocenters. The lowest BCUT2D eigenvalue weighted by molar-refractivity contribution is -0.132. The van der Waals surface area contributed by atoms with Crippen LogP contribution in [-0.2, 0) is 9.59 Å². The molecule has 6 nitrogen and oxygen atoms in total. The highest BCUT2D eigenvalue weighted by molar-refractivity contribution is 6.10. The average molecular weight is 221 g/mol. The molecule has 3 N–H and O–H groups in total. The Balaban J connectivity index is 2.66. The molecule has 0 aliphatic rings. The maximum absolute atomic E-state index is 11.5. The summed E-state index contributed by atoms with van der Waals surface area (Å²) in [5, 5.41) is 2.07. The second-order valence-corrected chi connectivity index (χ2v) is 3.18. The predicted octanol–water partition coefficient (Wildman–Crippen LogP) is -0.541. The number of imide groups is 1. The Labute approximate surface area is 91.9 Å². The van der Waals surface area contributed by atoms with Gasteiger partial charge in [0, 0.05) is 18.0 Å². The van der Waals surface area contributed by atoms with Crippen molar-refractivity contribution in [1.29, 1.82) is 0 Å². The molecule has 84 valence electrons. The van der Waals surface area contributed by atoms with Crippen LogP contribution in [0.15, 0.2) is 24.5 Å². The SMILES string of the molecule is CC(C(N)=O)C(=O)NC(=O)c1ccncc1. The molecule has 0 saturated heterocycles. The van der Waals surface area contributed by atoms with E-state index in [1.165, 1.54) is 31.5 Å². The topological polar surface area (TPSA) is 102 Å². The molecule has 0 radical (unpaired) electrons. The highest BCUT2D eigenvalue weighted by Gasteiger charge is 2.20. The average Bonchev–Trinajstić information content (AvgIpc) is 2.28. The van der Waals surface area contributed by atoms with Gasteiger partial charge in [-0.2, -0.15) is 0 Å². The van der Waals surface area contributed by atoms with Gasteiger partial charge in [-0.25, -0.2) is 0 Å². The van der Waals surface area contributed by atoms with E-state index >= 15 is 0 Å². The van der Waals surface area contributed by atoms with Gasteiger partial charge in [-0.1, -0.05) is 0 Å². The fourth-order valence-corrected chi connectivity index (χ4v) is 0.925. The standard InChI is InChI=1S/C10H11N3O3/c1-6(8(11)14)9(15)13-10(16)7-2-4-12-5-3-7/h2-6H,1H3,(H2,11,14)(H,13,15,16). The monoisotopic (exact) mass is 221 g/mol. The van der Waals surface area contributed by atoms with Crippen molar-refractivity contribution >= 4 is 17.7 Å². The summed E-state index contributed by atoms with van der Waals surface area (Å²) in [6, 6.07) is 2.91. The van der Waals surface area contributed by atoms with Crippen LogP contribution in [0.5, 0.6) is 0 Å². The van der Waals surface area contributed by atoms with Crippen LogP contribution >= 0.6 is 0 Å². The van der Waals surface area contributed by atoms with Gasteiger partial charge in [0.2, 0.25) is 11.8 Å². The lowest BCUT2D eigenvalue weighted by Gasteiger charge is -2.07. The summed E-state index contributed by atoms with van der Waals surface area (Å²) in [6.45, 7) is 1.33. The molecule has 0 aliphatic heterocycles. The van der Waals surface area contributed by atoms with Crippen molar-refractivity contribution in [1.82, 2.24) is 10.3 Å². The smallest absolute Gasteiger partial charge is 0.257 e. The number of amides is 3. The van der Waals surface area contributed by atoms with Crippen molar-refractivity contribution in [2.45, 2.75) is 6.92 Å². The Bertz CT molecular complexity index is 417. The van der Waals surface area contributed by atoms with Crippen molar-refractivity contribution in [3.05, 3.63) is 30.1 Å². The molecule has 0 bridgehead atoms. The van der Waals surface area contributed by atoms with E-state index in [1.807, 2.05) is 0 Å². The molecule has 3 amide bonds. The molecule has 0 spiro atoms. The van der Waals surface area contributed by atoms with Gasteiger partial charge in [0.1, 0.15) is 5.92 Å². The molecular weight excluding hydrogens is 210 g/mol. The molecule has 0 aromatic carbocycles. The number of pyridine rings is 1. The summed E-state index contributed by atoms with van der Waals surface area (Å²) in [7, 11) is 0. The van der Waals surface area contributed by atoms with Crippen molar-refractivity contribution < 1.29 is 14.4 Å². The first-order valence-electron chi connectivity index (χ1n) is 4.57. The molecule has 0 fully saturated rings. The third-order valence-electron chi connectivity index (χ3n) is 2.00. The zero-order valence-electron chi connectivity index (χ0n) is 8.64. The fourth-order valence-electron chi connectivity index (χ4n) is 0.925. The van der Waals surface area contributed by atoms with Crippen LogP contribution in [-0.4, -0.2) is 22.7 Å². The van der Waals surface area contributed by atoms with Crippen molar-refractivity contribution in [3.8, 4) is 0 Å². The second-order valence-electron chi connectivity index (χ2n) is 3.18. The lowest BCUT2D eigenvalue weighted by Crippen LogP contribution is -2.40. The minimum Gasteiger partial charge on any atom is -0.369 e. The van der Waals surface area contributed by atoms with E-state index in [2.05, 4.69) is 10.3 Å². The number of carbonyl (C=O) groups is 3. The maximum atomic E-state index is 11.5. The van der Waals surface area contributed by atoms with Crippen LogP contribution in [0.2, 0.25) is 0 Å². The van der Waals surface area contributed by atoms with Gasteiger partial charge in [0.15, 0.2) is 0 Å². The number of nitrogens with zero attached hydrogens (tertiary/aromatic N) is 1. The van der Waals surface area contributed by atoms with Crippen molar-refractivity contribution in [2.24, 2.45) is 11.7 Å². The number of hydrogen-bond donors (Lipinski definition) is 2. The Morgan fingerprint density at radius 1 is 1.31 bits per heavy atom. The van der Waals surface area contributed by atoms with E-state index in [0.717, 1.165) is 0 Å². The van der Waals surface area contributed by atoms with Crippen molar-refractivity contribution in [3.63, 3.8) is 0 Å². The van der Waals surface area contributed by atoms with Crippen LogP contribution in [0, 0.1) is 5.92 Å². The number of rotatable bonds is 3. The molecule has 1 heterocycles. The molecule has 1 aromatic heterocycles. The van der Waals surface area contributed by atoms with Gasteiger partial charge in [0.05, 0.1) is 0 Å². The Morgan fingerprint density at radius 2 is 1.88 bits per heavy atom. The highest BCUT2D eigenvalue weighted by Crippen LogP contribution is 1.98. The first kappa shape index (κ1) is 11.8. The van der Waals surface area contributed by atoms with E-state index in [1.54, 1.807) is 0 Å². The van der Waals surface area contributed by atoms with Crippen LogP contribution in [0.4, 0.5) is 0 Å². The number of nitrogens with one attached hydrogen (secondary N) is 1. The van der Waals surface area contributed by atoms with E-state index in [4.69, 9.17) is 5.73 Å². The van der Waals surface area contributed by atoms with E-state index in [9.17, 15) is 14.4 Å². The summed E-state index contributed by atoms with van der Waals surface area (Å²) in [4.78, 5) is 37.2. The molecule has 1 rings (SSSR count). The van der Waals surface area contributed by atoms with Gasteiger partial charge < -0.3 is 5.73 Å². The summed E-state index contributed by atoms with van der Waals surface area (Å²) in [5.74, 6) is -3.11.